The van der Waals surface area contributed by atoms with Gasteiger partial charge in [-0.15, -0.1) is 11.3 Å². The standard InChI is InChI=1S/C6H4BClN2S/c7-3-2-11-4-1-9-6(8)10-5(3)4/h1-2H,7H2. The van der Waals surface area contributed by atoms with Gasteiger partial charge in [0.05, 0.1) is 10.2 Å². The zero-order chi connectivity index (χ0) is 7.84. The average molecular weight is 182 g/mol. The van der Waals surface area contributed by atoms with Crippen molar-refractivity contribution in [1.29, 1.82) is 0 Å². The summed E-state index contributed by atoms with van der Waals surface area (Å²) in [5.74, 6) is 0. The Morgan fingerprint density at radius 3 is 3.18 bits per heavy atom. The van der Waals surface area contributed by atoms with E-state index in [9.17, 15) is 0 Å². The first kappa shape index (κ1) is 7.07. The van der Waals surface area contributed by atoms with E-state index < -0.39 is 0 Å². The van der Waals surface area contributed by atoms with Crippen LogP contribution in [0, 0.1) is 0 Å². The van der Waals surface area contributed by atoms with E-state index in [2.05, 4.69) is 15.3 Å². The highest BCUT2D eigenvalue weighted by atomic mass is 35.5. The van der Waals surface area contributed by atoms with Crippen molar-refractivity contribution in [3.8, 4) is 0 Å². The van der Waals surface area contributed by atoms with Crippen LogP contribution < -0.4 is 5.46 Å². The molecule has 2 aromatic rings. The zero-order valence-corrected chi connectivity index (χ0v) is 7.41. The van der Waals surface area contributed by atoms with Gasteiger partial charge < -0.3 is 0 Å². The van der Waals surface area contributed by atoms with E-state index in [4.69, 9.17) is 11.6 Å². The Morgan fingerprint density at radius 1 is 1.55 bits per heavy atom. The molecule has 0 amide bonds. The van der Waals surface area contributed by atoms with Crippen LogP contribution in [0.3, 0.4) is 0 Å². The second kappa shape index (κ2) is 2.46. The van der Waals surface area contributed by atoms with Gasteiger partial charge in [-0.3, -0.25) is 0 Å². The number of rotatable bonds is 0. The first-order valence-corrected chi connectivity index (χ1v) is 4.39. The predicted molar refractivity (Wildman–Crippen MR) is 50.6 cm³/mol. The second-order valence-corrected chi connectivity index (χ2v) is 3.52. The van der Waals surface area contributed by atoms with Crippen LogP contribution >= 0.6 is 22.9 Å². The molecule has 0 unspecified atom stereocenters. The van der Waals surface area contributed by atoms with E-state index in [0.29, 0.717) is 5.28 Å². The lowest BCUT2D eigenvalue weighted by Crippen LogP contribution is -1.99. The largest absolute Gasteiger partial charge is 0.225 e. The molecule has 0 N–H and O–H groups in total. The quantitative estimate of drug-likeness (QED) is 0.441. The van der Waals surface area contributed by atoms with E-state index >= 15 is 0 Å². The highest BCUT2D eigenvalue weighted by Gasteiger charge is 2.01. The van der Waals surface area contributed by atoms with Gasteiger partial charge in [0.25, 0.3) is 0 Å². The molecule has 0 spiro atoms. The molecule has 0 aliphatic heterocycles. The van der Waals surface area contributed by atoms with Crippen LogP contribution in [0.25, 0.3) is 10.2 Å². The molecule has 2 aromatic heterocycles. The average Bonchev–Trinajstić information content (AvgIpc) is 2.33. The van der Waals surface area contributed by atoms with Crippen LogP contribution in [0.2, 0.25) is 5.28 Å². The first-order valence-electron chi connectivity index (χ1n) is 3.14. The van der Waals surface area contributed by atoms with Gasteiger partial charge in [-0.1, -0.05) is 5.46 Å². The van der Waals surface area contributed by atoms with Gasteiger partial charge in [-0.05, 0) is 17.0 Å². The van der Waals surface area contributed by atoms with Crippen LogP contribution in [-0.4, -0.2) is 17.8 Å². The van der Waals surface area contributed by atoms with Gasteiger partial charge in [-0.2, -0.15) is 0 Å². The maximum absolute atomic E-state index is 5.63. The van der Waals surface area contributed by atoms with Crippen molar-refractivity contribution >= 4 is 46.5 Å². The SMILES string of the molecule is Bc1csc2cnc(Cl)nc12. The molecule has 54 valence electrons. The van der Waals surface area contributed by atoms with Crippen LogP contribution in [0.4, 0.5) is 0 Å². The van der Waals surface area contributed by atoms with Gasteiger partial charge in [0.2, 0.25) is 5.28 Å². The predicted octanol–water partition coefficient (Wildman–Crippen LogP) is 0.603. The fraction of sp³-hybridized carbons (Fsp3) is 0. The van der Waals surface area contributed by atoms with Crippen molar-refractivity contribution in [3.05, 3.63) is 16.9 Å². The van der Waals surface area contributed by atoms with Gasteiger partial charge in [0.15, 0.2) is 0 Å². The lowest BCUT2D eigenvalue weighted by atomic mass is 9.99. The summed E-state index contributed by atoms with van der Waals surface area (Å²) in [4.78, 5) is 7.99. The Balaban J connectivity index is 2.87. The Bertz CT molecular complexity index is 400. The number of aromatic nitrogens is 2. The summed E-state index contributed by atoms with van der Waals surface area (Å²) in [6, 6.07) is 0. The minimum atomic E-state index is 0.319. The molecule has 0 fully saturated rings. The molecule has 0 aromatic carbocycles. The molecule has 0 atom stereocenters. The van der Waals surface area contributed by atoms with Crippen molar-refractivity contribution in [1.82, 2.24) is 9.97 Å². The molecule has 2 rings (SSSR count). The molecule has 0 aliphatic carbocycles. The number of halogens is 1. The van der Waals surface area contributed by atoms with E-state index in [1.807, 2.05) is 7.85 Å². The zero-order valence-electron chi connectivity index (χ0n) is 5.84. The Hall–Kier alpha value is -0.605. The van der Waals surface area contributed by atoms with Crippen LogP contribution in [0.1, 0.15) is 0 Å². The summed E-state index contributed by atoms with van der Waals surface area (Å²) >= 11 is 7.27. The summed E-state index contributed by atoms with van der Waals surface area (Å²) in [6.07, 6.45) is 1.75. The summed E-state index contributed by atoms with van der Waals surface area (Å²) in [5.41, 5.74) is 2.13. The normalized spacial score (nSPS) is 10.6. The van der Waals surface area contributed by atoms with Crippen LogP contribution in [0.15, 0.2) is 11.6 Å². The van der Waals surface area contributed by atoms with Crippen LogP contribution in [0.5, 0.6) is 0 Å². The van der Waals surface area contributed by atoms with Crippen molar-refractivity contribution in [2.45, 2.75) is 0 Å². The lowest BCUT2D eigenvalue weighted by molar-refractivity contribution is 1.23. The van der Waals surface area contributed by atoms with Crippen molar-refractivity contribution in [2.75, 3.05) is 0 Å². The first-order chi connectivity index (χ1) is 5.27. The number of nitrogens with zero attached hydrogens (tertiary/aromatic N) is 2. The smallest absolute Gasteiger partial charge is 0.222 e. The van der Waals surface area contributed by atoms with Gasteiger partial charge >= 0.3 is 0 Å². The summed E-state index contributed by atoms with van der Waals surface area (Å²) in [6.45, 7) is 0. The summed E-state index contributed by atoms with van der Waals surface area (Å²) < 4.78 is 1.09. The molecular formula is C6H4BClN2S. The molecule has 11 heavy (non-hydrogen) atoms. The molecule has 0 bridgehead atoms. The molecule has 0 aliphatic rings. The van der Waals surface area contributed by atoms with E-state index in [1.165, 1.54) is 0 Å². The van der Waals surface area contributed by atoms with Crippen LogP contribution in [-0.2, 0) is 0 Å². The van der Waals surface area contributed by atoms with Crippen molar-refractivity contribution in [3.63, 3.8) is 0 Å². The molecule has 0 saturated carbocycles. The minimum absolute atomic E-state index is 0.319. The lowest BCUT2D eigenvalue weighted by Gasteiger charge is -1.89. The maximum atomic E-state index is 5.63. The molecular weight excluding hydrogens is 178 g/mol. The number of hydrogen-bond acceptors (Lipinski definition) is 3. The second-order valence-electron chi connectivity index (χ2n) is 2.27. The monoisotopic (exact) mass is 182 g/mol. The third kappa shape index (κ3) is 1.12. The van der Waals surface area contributed by atoms with Gasteiger partial charge in [0, 0.05) is 6.20 Å². The van der Waals surface area contributed by atoms with E-state index in [0.717, 1.165) is 15.7 Å². The highest BCUT2D eigenvalue weighted by Crippen LogP contribution is 2.15. The fourth-order valence-corrected chi connectivity index (χ4v) is 1.91. The summed E-state index contributed by atoms with van der Waals surface area (Å²) in [7, 11) is 2.02. The molecule has 2 nitrogen and oxygen atoms in total. The number of thiophene rings is 1. The van der Waals surface area contributed by atoms with Crippen molar-refractivity contribution in [2.24, 2.45) is 0 Å². The number of fused-ring (bicyclic) bond motifs is 1. The van der Waals surface area contributed by atoms with E-state index in [-0.39, 0.29) is 0 Å². The highest BCUT2D eigenvalue weighted by molar-refractivity contribution is 7.18. The number of hydrogen-bond donors (Lipinski definition) is 0. The topological polar surface area (TPSA) is 25.8 Å². The Morgan fingerprint density at radius 2 is 2.36 bits per heavy atom. The Labute approximate surface area is 73.6 Å². The van der Waals surface area contributed by atoms with Gasteiger partial charge in [-0.25, -0.2) is 9.97 Å². The van der Waals surface area contributed by atoms with E-state index in [1.54, 1.807) is 17.5 Å². The molecule has 0 saturated heterocycles. The van der Waals surface area contributed by atoms with Crippen molar-refractivity contribution < 1.29 is 0 Å². The third-order valence-electron chi connectivity index (χ3n) is 1.46. The Kier molecular flexibility index (Phi) is 1.58. The molecule has 5 heteroatoms. The molecule has 0 radical (unpaired) electrons. The minimum Gasteiger partial charge on any atom is -0.225 e. The third-order valence-corrected chi connectivity index (χ3v) is 2.67. The maximum Gasteiger partial charge on any atom is 0.222 e. The molecule has 2 heterocycles. The van der Waals surface area contributed by atoms with Gasteiger partial charge in [0.1, 0.15) is 7.85 Å². The fourth-order valence-electron chi connectivity index (χ4n) is 0.926. The summed E-state index contributed by atoms with van der Waals surface area (Å²) in [5, 5.41) is 2.37.